The molecular formula is C36H40Cl2N6O3. The van der Waals surface area contributed by atoms with Crippen LogP contribution in [0.15, 0.2) is 60.8 Å². The number of aliphatic hydroxyl groups is 1. The first-order chi connectivity index (χ1) is 22.7. The number of methoxy groups -OCH3 is 1. The van der Waals surface area contributed by atoms with Gasteiger partial charge in [0.25, 0.3) is 0 Å². The molecule has 3 N–H and O–H groups in total. The fourth-order valence-electron chi connectivity index (χ4n) is 6.39. The number of halogens is 2. The molecule has 1 saturated heterocycles. The van der Waals surface area contributed by atoms with Gasteiger partial charge in [-0.1, -0.05) is 59.6 Å². The maximum atomic E-state index is 11.5. The van der Waals surface area contributed by atoms with Gasteiger partial charge in [0.05, 0.1) is 34.6 Å². The smallest absolute Gasteiger partial charge is 0.220 e. The molecule has 0 saturated carbocycles. The van der Waals surface area contributed by atoms with E-state index in [-0.39, 0.29) is 18.1 Å². The van der Waals surface area contributed by atoms with Gasteiger partial charge in [-0.2, -0.15) is 0 Å². The molecule has 2 aromatic heterocycles. The summed E-state index contributed by atoms with van der Waals surface area (Å²) in [7, 11) is 3.70. The standard InChI is InChI=1S/C36H40Cl2N6O3/c1-22(45)20-44-16-15-43(2)31-17-23(7-8-25(31)21-44)35-34(38)28(13-14-40-35)27-5-4-6-29(33(27)37)30-11-9-24(36(42-30)47-3)18-39-19-26-10-12-32(46)41-26/h4-9,11,13-14,17,22,26,39,45H,10,12,15-16,18-21H2,1-3H3,(H,41,46)/t22-,26-/m1/s1. The number of aliphatic hydroxyl groups excluding tert-OH is 1. The fraction of sp³-hybridized carbons (Fsp3) is 0.361. The summed E-state index contributed by atoms with van der Waals surface area (Å²) in [6, 6.07) is 18.1. The van der Waals surface area contributed by atoms with Crippen molar-refractivity contribution in [3.63, 3.8) is 0 Å². The van der Waals surface area contributed by atoms with Crippen molar-refractivity contribution in [3.05, 3.63) is 82.0 Å². The lowest BCUT2D eigenvalue weighted by Gasteiger charge is -2.21. The summed E-state index contributed by atoms with van der Waals surface area (Å²) < 4.78 is 5.65. The second-order valence-electron chi connectivity index (χ2n) is 12.3. The van der Waals surface area contributed by atoms with Gasteiger partial charge >= 0.3 is 0 Å². The van der Waals surface area contributed by atoms with Gasteiger partial charge in [-0.25, -0.2) is 4.98 Å². The molecule has 2 atom stereocenters. The van der Waals surface area contributed by atoms with E-state index in [1.165, 1.54) is 5.56 Å². The first-order valence-corrected chi connectivity index (χ1v) is 16.7. The summed E-state index contributed by atoms with van der Waals surface area (Å²) >= 11 is 14.2. The van der Waals surface area contributed by atoms with Crippen LogP contribution < -0.4 is 20.3 Å². The van der Waals surface area contributed by atoms with Crippen LogP contribution in [-0.2, 0) is 17.9 Å². The summed E-state index contributed by atoms with van der Waals surface area (Å²) in [5.41, 5.74) is 7.85. The quantitative estimate of drug-likeness (QED) is 0.194. The van der Waals surface area contributed by atoms with Crippen molar-refractivity contribution in [1.29, 1.82) is 0 Å². The van der Waals surface area contributed by atoms with Gasteiger partial charge in [-0.15, -0.1) is 0 Å². The highest BCUT2D eigenvalue weighted by molar-refractivity contribution is 6.39. The van der Waals surface area contributed by atoms with Crippen LogP contribution in [0.1, 0.15) is 30.9 Å². The Hall–Kier alpha value is -3.73. The number of aromatic nitrogens is 2. The van der Waals surface area contributed by atoms with Crippen LogP contribution in [0.4, 0.5) is 5.69 Å². The first kappa shape index (κ1) is 33.2. The zero-order chi connectivity index (χ0) is 33.1. The largest absolute Gasteiger partial charge is 0.481 e. The minimum absolute atomic E-state index is 0.104. The lowest BCUT2D eigenvalue weighted by Crippen LogP contribution is -2.35. The van der Waals surface area contributed by atoms with E-state index < -0.39 is 0 Å². The maximum Gasteiger partial charge on any atom is 0.220 e. The molecule has 0 spiro atoms. The molecular weight excluding hydrogens is 635 g/mol. The number of ether oxygens (including phenoxy) is 1. The number of nitrogens with zero attached hydrogens (tertiary/aromatic N) is 4. The number of fused-ring (bicyclic) bond motifs is 1. The molecule has 1 amide bonds. The van der Waals surface area contributed by atoms with Gasteiger partial charge in [0, 0.05) is 98.5 Å². The van der Waals surface area contributed by atoms with Crippen molar-refractivity contribution < 1.29 is 14.6 Å². The van der Waals surface area contributed by atoms with E-state index in [0.717, 1.165) is 59.6 Å². The van der Waals surface area contributed by atoms with Crippen molar-refractivity contribution in [2.75, 3.05) is 45.2 Å². The second kappa shape index (κ2) is 14.6. The molecule has 11 heteroatoms. The van der Waals surface area contributed by atoms with Gasteiger partial charge in [-0.05, 0) is 37.1 Å². The van der Waals surface area contributed by atoms with Crippen LogP contribution in [0.2, 0.25) is 10.0 Å². The average molecular weight is 676 g/mol. The number of rotatable bonds is 10. The molecule has 2 aliphatic heterocycles. The van der Waals surface area contributed by atoms with Gasteiger partial charge in [0.1, 0.15) is 0 Å². The van der Waals surface area contributed by atoms with Crippen LogP contribution in [0, 0.1) is 0 Å². The average Bonchev–Trinajstić information content (AvgIpc) is 3.41. The SMILES string of the molecule is COc1nc(-c2cccc(-c3ccnc(-c4ccc5c(c4)N(C)CCN(C[C@@H](C)O)C5)c3Cl)c2Cl)ccc1CNC[C@H]1CCC(=O)N1. The molecule has 0 bridgehead atoms. The van der Waals surface area contributed by atoms with Crippen molar-refractivity contribution in [2.45, 2.75) is 45.0 Å². The Morgan fingerprint density at radius 1 is 1.09 bits per heavy atom. The van der Waals surface area contributed by atoms with E-state index in [2.05, 4.69) is 50.7 Å². The number of likely N-dealkylation sites (N-methyl/N-ethyl adjacent to an activating group) is 1. The number of hydrogen-bond donors (Lipinski definition) is 3. The van der Waals surface area contributed by atoms with Gasteiger partial charge < -0.3 is 25.4 Å². The molecule has 0 radical (unpaired) electrons. The third kappa shape index (κ3) is 7.40. The molecule has 1 fully saturated rings. The van der Waals surface area contributed by atoms with Crippen LogP contribution >= 0.6 is 23.2 Å². The Kier molecular flexibility index (Phi) is 10.3. The van der Waals surface area contributed by atoms with E-state index in [1.54, 1.807) is 13.3 Å². The normalized spacial score (nSPS) is 17.3. The molecule has 6 rings (SSSR count). The summed E-state index contributed by atoms with van der Waals surface area (Å²) in [5, 5.41) is 17.4. The number of pyridine rings is 2. The lowest BCUT2D eigenvalue weighted by molar-refractivity contribution is -0.119. The first-order valence-electron chi connectivity index (χ1n) is 15.9. The zero-order valence-corrected chi connectivity index (χ0v) is 28.4. The van der Waals surface area contributed by atoms with Gasteiger partial charge in [-0.3, -0.25) is 14.7 Å². The highest BCUT2D eigenvalue weighted by Crippen LogP contribution is 2.42. The summed E-state index contributed by atoms with van der Waals surface area (Å²) in [6.45, 7) is 6.20. The van der Waals surface area contributed by atoms with Crippen molar-refractivity contribution in [2.24, 2.45) is 0 Å². The van der Waals surface area contributed by atoms with Crippen molar-refractivity contribution >= 4 is 34.8 Å². The number of carbonyl (C=O) groups is 1. The predicted octanol–water partition coefficient (Wildman–Crippen LogP) is 5.79. The molecule has 0 aliphatic carbocycles. The molecule has 9 nitrogen and oxygen atoms in total. The number of anilines is 1. The number of nitrogens with one attached hydrogen (secondary N) is 2. The lowest BCUT2D eigenvalue weighted by atomic mass is 9.98. The Morgan fingerprint density at radius 2 is 1.89 bits per heavy atom. The number of carbonyl (C=O) groups excluding carboxylic acids is 1. The third-order valence-electron chi connectivity index (χ3n) is 8.82. The Labute approximate surface area is 285 Å². The van der Waals surface area contributed by atoms with E-state index in [9.17, 15) is 9.90 Å². The molecule has 4 aromatic rings. The minimum atomic E-state index is -0.379. The molecule has 246 valence electrons. The number of benzene rings is 2. The summed E-state index contributed by atoms with van der Waals surface area (Å²) in [5.74, 6) is 0.616. The van der Waals surface area contributed by atoms with Crippen molar-refractivity contribution in [3.8, 4) is 39.5 Å². The van der Waals surface area contributed by atoms with Crippen LogP contribution in [0.5, 0.6) is 5.88 Å². The van der Waals surface area contributed by atoms with Crippen LogP contribution in [0.3, 0.4) is 0 Å². The molecule has 0 unspecified atom stereocenters. The fourth-order valence-corrected chi connectivity index (χ4v) is 7.04. The van der Waals surface area contributed by atoms with E-state index in [1.807, 2.05) is 43.3 Å². The van der Waals surface area contributed by atoms with E-state index in [0.29, 0.717) is 53.4 Å². The van der Waals surface area contributed by atoms with E-state index in [4.69, 9.17) is 32.9 Å². The molecule has 4 heterocycles. The molecule has 2 aliphatic rings. The van der Waals surface area contributed by atoms with E-state index >= 15 is 0 Å². The number of hydrogen-bond acceptors (Lipinski definition) is 8. The number of β-amino-alcohol motifs (C(OH)–C–C–N with tert-alkyl or cyclic N) is 1. The monoisotopic (exact) mass is 674 g/mol. The van der Waals surface area contributed by atoms with Crippen molar-refractivity contribution in [1.82, 2.24) is 25.5 Å². The van der Waals surface area contributed by atoms with Gasteiger partial charge in [0.15, 0.2) is 0 Å². The third-order valence-corrected chi connectivity index (χ3v) is 9.61. The Balaban J connectivity index is 1.26. The molecule has 2 aromatic carbocycles. The Bertz CT molecular complexity index is 1770. The zero-order valence-electron chi connectivity index (χ0n) is 26.9. The highest BCUT2D eigenvalue weighted by atomic mass is 35.5. The highest BCUT2D eigenvalue weighted by Gasteiger charge is 2.23. The van der Waals surface area contributed by atoms with Crippen LogP contribution in [-0.4, -0.2) is 78.4 Å². The summed E-state index contributed by atoms with van der Waals surface area (Å²) in [6.07, 6.45) is 2.80. The Morgan fingerprint density at radius 3 is 2.66 bits per heavy atom. The topological polar surface area (TPSA) is 103 Å². The minimum Gasteiger partial charge on any atom is -0.481 e. The predicted molar refractivity (Wildman–Crippen MR) is 188 cm³/mol. The molecule has 47 heavy (non-hydrogen) atoms. The summed E-state index contributed by atoms with van der Waals surface area (Å²) in [4.78, 5) is 25.5. The van der Waals surface area contributed by atoms with Crippen LogP contribution in [0.25, 0.3) is 33.6 Å². The second-order valence-corrected chi connectivity index (χ2v) is 13.1. The number of amides is 1. The maximum absolute atomic E-state index is 11.5. The van der Waals surface area contributed by atoms with Gasteiger partial charge in [0.2, 0.25) is 11.8 Å².